The summed E-state index contributed by atoms with van der Waals surface area (Å²) in [6.45, 7) is 0. The van der Waals surface area contributed by atoms with E-state index in [1.807, 2.05) is 6.07 Å². The van der Waals surface area contributed by atoms with Gasteiger partial charge in [-0.3, -0.25) is 0 Å². The highest BCUT2D eigenvalue weighted by molar-refractivity contribution is 7.26. The lowest BCUT2D eigenvalue weighted by atomic mass is 9.96. The third-order valence-electron chi connectivity index (χ3n) is 10.8. The van der Waals surface area contributed by atoms with Crippen molar-refractivity contribution in [3.05, 3.63) is 200 Å². The fourth-order valence-electron chi connectivity index (χ4n) is 8.16. The SMILES string of the molecule is c1ccc(-c2ccc(-c3nc(-c4ccccc4)nc4c3sc3cccc(-c5cccc(-c6ccc7c(c6)c6ccccc6n7-c6ccccc6)c5)c34)cc2)cc1. The van der Waals surface area contributed by atoms with E-state index in [-0.39, 0.29) is 0 Å². The van der Waals surface area contributed by atoms with Crippen molar-refractivity contribution in [3.8, 4) is 61.7 Å². The van der Waals surface area contributed by atoms with E-state index in [0.29, 0.717) is 0 Å². The molecule has 0 unspecified atom stereocenters. The normalized spacial score (nSPS) is 11.6. The zero-order valence-corrected chi connectivity index (χ0v) is 31.1. The molecule has 0 aliphatic rings. The Morgan fingerprint density at radius 2 is 0.982 bits per heavy atom. The smallest absolute Gasteiger partial charge is 0.160 e. The highest BCUT2D eigenvalue weighted by Gasteiger charge is 2.20. The quantitative estimate of drug-likeness (QED) is 0.170. The van der Waals surface area contributed by atoms with Crippen LogP contribution in [0, 0.1) is 0 Å². The van der Waals surface area contributed by atoms with Gasteiger partial charge >= 0.3 is 0 Å². The third-order valence-corrected chi connectivity index (χ3v) is 12.0. The maximum atomic E-state index is 5.34. The molecule has 8 aromatic carbocycles. The van der Waals surface area contributed by atoms with E-state index in [0.717, 1.165) is 49.5 Å². The molecule has 0 radical (unpaired) electrons. The Hall–Kier alpha value is -7.14. The zero-order chi connectivity index (χ0) is 37.0. The van der Waals surface area contributed by atoms with Crippen LogP contribution in [0.5, 0.6) is 0 Å². The molecule has 3 heterocycles. The number of hydrogen-bond donors (Lipinski definition) is 0. The van der Waals surface area contributed by atoms with Crippen molar-refractivity contribution >= 4 is 53.4 Å². The summed E-state index contributed by atoms with van der Waals surface area (Å²) in [5.41, 5.74) is 14.7. The fraction of sp³-hybridized carbons (Fsp3) is 0. The molecule has 0 aliphatic carbocycles. The van der Waals surface area contributed by atoms with E-state index < -0.39 is 0 Å². The first-order chi connectivity index (χ1) is 27.8. The average Bonchev–Trinajstić information content (AvgIpc) is 3.83. The van der Waals surface area contributed by atoms with Gasteiger partial charge in [-0.1, -0.05) is 158 Å². The van der Waals surface area contributed by atoms with Gasteiger partial charge in [0.25, 0.3) is 0 Å². The second kappa shape index (κ2) is 13.3. The molecule has 56 heavy (non-hydrogen) atoms. The standard InChI is InChI=1S/C52H33N3S/c1-4-14-34(15-5-1)35-26-28-36(29-27-35)49-51-50(54-52(53-49)37-16-6-2-7-17-37)48-42(23-13-25-47(48)56-51)40-19-12-18-38(32-40)39-30-31-46-44(33-39)43-22-10-11-24-45(43)55(46)41-20-8-3-9-21-41/h1-33H. The topological polar surface area (TPSA) is 30.7 Å². The molecule has 0 spiro atoms. The van der Waals surface area contributed by atoms with Crippen LogP contribution in [0.3, 0.4) is 0 Å². The highest BCUT2D eigenvalue weighted by atomic mass is 32.1. The lowest BCUT2D eigenvalue weighted by Crippen LogP contribution is -1.94. The first kappa shape index (κ1) is 32.3. The van der Waals surface area contributed by atoms with Crippen LogP contribution in [0.2, 0.25) is 0 Å². The lowest BCUT2D eigenvalue weighted by Gasteiger charge is -2.10. The van der Waals surface area contributed by atoms with E-state index in [4.69, 9.17) is 9.97 Å². The zero-order valence-electron chi connectivity index (χ0n) is 30.3. The van der Waals surface area contributed by atoms with Crippen molar-refractivity contribution in [2.24, 2.45) is 0 Å². The molecule has 11 aromatic rings. The summed E-state index contributed by atoms with van der Waals surface area (Å²) >= 11 is 1.77. The van der Waals surface area contributed by atoms with Crippen LogP contribution in [0.25, 0.3) is 104 Å². The summed E-state index contributed by atoms with van der Waals surface area (Å²) in [5, 5.41) is 3.65. The van der Waals surface area contributed by atoms with E-state index in [9.17, 15) is 0 Å². The molecule has 0 bridgehead atoms. The maximum absolute atomic E-state index is 5.34. The Kier molecular flexibility index (Phi) is 7.68. The van der Waals surface area contributed by atoms with Crippen LogP contribution in [0.1, 0.15) is 0 Å². The van der Waals surface area contributed by atoms with Crippen LogP contribution < -0.4 is 0 Å². The molecular weight excluding hydrogens is 699 g/mol. The summed E-state index contributed by atoms with van der Waals surface area (Å²) in [6.07, 6.45) is 0. The van der Waals surface area contributed by atoms with E-state index in [2.05, 4.69) is 199 Å². The van der Waals surface area contributed by atoms with Gasteiger partial charge in [0.15, 0.2) is 5.82 Å². The number of nitrogens with zero attached hydrogens (tertiary/aromatic N) is 3. The van der Waals surface area contributed by atoms with E-state index in [1.54, 1.807) is 11.3 Å². The predicted molar refractivity (Wildman–Crippen MR) is 236 cm³/mol. The first-order valence-electron chi connectivity index (χ1n) is 18.9. The molecular formula is C52H33N3S. The summed E-state index contributed by atoms with van der Waals surface area (Å²) in [4.78, 5) is 10.6. The van der Waals surface area contributed by atoms with Gasteiger partial charge in [-0.25, -0.2) is 9.97 Å². The minimum absolute atomic E-state index is 0.728. The fourth-order valence-corrected chi connectivity index (χ4v) is 9.34. The summed E-state index contributed by atoms with van der Waals surface area (Å²) in [7, 11) is 0. The Morgan fingerprint density at radius 1 is 0.393 bits per heavy atom. The number of thiophene rings is 1. The number of hydrogen-bond acceptors (Lipinski definition) is 3. The third kappa shape index (κ3) is 5.42. The van der Waals surface area contributed by atoms with Gasteiger partial charge in [0.05, 0.1) is 26.9 Å². The molecule has 0 aliphatic heterocycles. The molecule has 4 heteroatoms. The second-order valence-corrected chi connectivity index (χ2v) is 15.2. The summed E-state index contributed by atoms with van der Waals surface area (Å²) in [5.74, 6) is 0.728. The Bertz CT molecular complexity index is 3220. The predicted octanol–water partition coefficient (Wildman–Crippen LogP) is 14.3. The van der Waals surface area contributed by atoms with Crippen LogP contribution in [0.15, 0.2) is 200 Å². The molecule has 3 aromatic heterocycles. The molecule has 0 fully saturated rings. The molecule has 11 rings (SSSR count). The summed E-state index contributed by atoms with van der Waals surface area (Å²) in [6, 6.07) is 71.4. The minimum atomic E-state index is 0.728. The van der Waals surface area contributed by atoms with Gasteiger partial charge in [-0.15, -0.1) is 11.3 Å². The highest BCUT2D eigenvalue weighted by Crippen LogP contribution is 2.44. The van der Waals surface area contributed by atoms with Gasteiger partial charge in [-0.05, 0) is 75.8 Å². The maximum Gasteiger partial charge on any atom is 0.160 e. The van der Waals surface area contributed by atoms with Gasteiger partial charge in [0, 0.05) is 37.7 Å². The van der Waals surface area contributed by atoms with Gasteiger partial charge < -0.3 is 4.57 Å². The van der Waals surface area contributed by atoms with Crippen molar-refractivity contribution in [2.45, 2.75) is 0 Å². The van der Waals surface area contributed by atoms with Crippen molar-refractivity contribution in [1.82, 2.24) is 14.5 Å². The number of rotatable bonds is 6. The number of benzene rings is 8. The van der Waals surface area contributed by atoms with Gasteiger partial charge in [0.1, 0.15) is 0 Å². The van der Waals surface area contributed by atoms with Crippen LogP contribution >= 0.6 is 11.3 Å². The van der Waals surface area contributed by atoms with Crippen molar-refractivity contribution in [3.63, 3.8) is 0 Å². The second-order valence-electron chi connectivity index (χ2n) is 14.2. The van der Waals surface area contributed by atoms with E-state index in [1.165, 1.54) is 54.3 Å². The molecule has 3 nitrogen and oxygen atoms in total. The van der Waals surface area contributed by atoms with Crippen molar-refractivity contribution in [2.75, 3.05) is 0 Å². The summed E-state index contributed by atoms with van der Waals surface area (Å²) < 4.78 is 4.65. The van der Waals surface area contributed by atoms with Gasteiger partial charge in [0.2, 0.25) is 0 Å². The number of aromatic nitrogens is 3. The Balaban J connectivity index is 1.07. The monoisotopic (exact) mass is 731 g/mol. The molecule has 0 saturated heterocycles. The van der Waals surface area contributed by atoms with Crippen LogP contribution in [-0.4, -0.2) is 14.5 Å². The molecule has 262 valence electrons. The largest absolute Gasteiger partial charge is 0.309 e. The lowest BCUT2D eigenvalue weighted by molar-refractivity contribution is 1.18. The molecule has 0 atom stereocenters. The van der Waals surface area contributed by atoms with Crippen molar-refractivity contribution < 1.29 is 0 Å². The van der Waals surface area contributed by atoms with Crippen molar-refractivity contribution in [1.29, 1.82) is 0 Å². The van der Waals surface area contributed by atoms with E-state index >= 15 is 0 Å². The average molecular weight is 732 g/mol. The molecule has 0 amide bonds. The number of fused-ring (bicyclic) bond motifs is 6. The minimum Gasteiger partial charge on any atom is -0.309 e. The van der Waals surface area contributed by atoms with Crippen LogP contribution in [0.4, 0.5) is 0 Å². The van der Waals surface area contributed by atoms with Gasteiger partial charge in [-0.2, -0.15) is 0 Å². The molecule has 0 N–H and O–H groups in total. The molecule has 0 saturated carbocycles. The first-order valence-corrected chi connectivity index (χ1v) is 19.7. The number of para-hydroxylation sites is 2. The Labute approximate surface area is 328 Å². The Morgan fingerprint density at radius 3 is 1.79 bits per heavy atom. The van der Waals surface area contributed by atoms with Crippen LogP contribution in [-0.2, 0) is 0 Å².